The predicted molar refractivity (Wildman–Crippen MR) is 99.2 cm³/mol. The molecule has 1 N–H and O–H groups in total. The minimum atomic E-state index is -0.218. The summed E-state index contributed by atoms with van der Waals surface area (Å²) in [5.41, 5.74) is 1.92. The van der Waals surface area contributed by atoms with Crippen molar-refractivity contribution in [1.82, 2.24) is 10.5 Å². The first-order valence-corrected chi connectivity index (χ1v) is 8.25. The molecule has 0 saturated heterocycles. The second-order valence-electron chi connectivity index (χ2n) is 5.67. The van der Waals surface area contributed by atoms with Gasteiger partial charge >= 0.3 is 0 Å². The Bertz CT molecular complexity index is 936. The van der Waals surface area contributed by atoms with E-state index in [2.05, 4.69) is 10.5 Å². The van der Waals surface area contributed by atoms with Crippen LogP contribution in [0.1, 0.15) is 16.1 Å². The average Bonchev–Trinajstić information content (AvgIpc) is 3.20. The van der Waals surface area contributed by atoms with Crippen LogP contribution in [0, 0.1) is 0 Å². The maximum atomic E-state index is 12.3. The molecule has 0 aliphatic carbocycles. The summed E-state index contributed by atoms with van der Waals surface area (Å²) in [6.07, 6.45) is 0. The number of nitrogens with one attached hydrogen (secondary N) is 1. The number of hydrogen-bond donors (Lipinski definition) is 1. The molecule has 3 aromatic rings. The number of hydrogen-bond acceptors (Lipinski definition) is 6. The maximum Gasteiger partial charge on any atom is 0.251 e. The second kappa shape index (κ2) is 8.27. The number of rotatable bonds is 7. The van der Waals surface area contributed by atoms with Crippen LogP contribution in [0.4, 0.5) is 0 Å². The normalized spacial score (nSPS) is 10.3. The van der Waals surface area contributed by atoms with Crippen molar-refractivity contribution in [3.8, 4) is 28.6 Å². The van der Waals surface area contributed by atoms with E-state index in [1.165, 1.54) is 0 Å². The molecule has 0 unspecified atom stereocenters. The Morgan fingerprint density at radius 3 is 2.56 bits per heavy atom. The summed E-state index contributed by atoms with van der Waals surface area (Å²) in [5, 5.41) is 6.81. The van der Waals surface area contributed by atoms with Gasteiger partial charge in [-0.05, 0) is 36.4 Å². The van der Waals surface area contributed by atoms with Gasteiger partial charge in [0.05, 0.1) is 27.9 Å². The monoisotopic (exact) mass is 368 g/mol. The Labute approximate surface area is 156 Å². The van der Waals surface area contributed by atoms with Crippen LogP contribution in [0.25, 0.3) is 11.3 Å². The van der Waals surface area contributed by atoms with Crippen LogP contribution in [-0.2, 0) is 6.54 Å². The van der Waals surface area contributed by atoms with Gasteiger partial charge in [-0.1, -0.05) is 11.2 Å². The van der Waals surface area contributed by atoms with Crippen molar-refractivity contribution in [3.63, 3.8) is 0 Å². The van der Waals surface area contributed by atoms with Gasteiger partial charge in [0.25, 0.3) is 5.91 Å². The molecule has 7 heteroatoms. The van der Waals surface area contributed by atoms with Crippen LogP contribution in [0.3, 0.4) is 0 Å². The number of carbonyl (C=O) groups is 1. The molecule has 1 amide bonds. The van der Waals surface area contributed by atoms with Gasteiger partial charge < -0.3 is 24.1 Å². The lowest BCUT2D eigenvalue weighted by Gasteiger charge is -2.07. The van der Waals surface area contributed by atoms with Crippen molar-refractivity contribution >= 4 is 5.91 Å². The smallest absolute Gasteiger partial charge is 0.251 e. The van der Waals surface area contributed by atoms with Crippen molar-refractivity contribution in [2.24, 2.45) is 0 Å². The van der Waals surface area contributed by atoms with Crippen molar-refractivity contribution in [3.05, 3.63) is 59.8 Å². The third kappa shape index (κ3) is 4.20. The van der Waals surface area contributed by atoms with Crippen molar-refractivity contribution in [2.75, 3.05) is 21.3 Å². The van der Waals surface area contributed by atoms with E-state index in [0.29, 0.717) is 34.3 Å². The van der Waals surface area contributed by atoms with Gasteiger partial charge in [0.15, 0.2) is 17.3 Å². The number of carbonyl (C=O) groups excluding carboxylic acids is 1. The quantitative estimate of drug-likeness (QED) is 0.689. The summed E-state index contributed by atoms with van der Waals surface area (Å²) in [7, 11) is 4.71. The van der Waals surface area contributed by atoms with E-state index in [1.54, 1.807) is 63.8 Å². The summed E-state index contributed by atoms with van der Waals surface area (Å²) in [6.45, 7) is 0.243. The highest BCUT2D eigenvalue weighted by atomic mass is 16.5. The maximum absolute atomic E-state index is 12.3. The molecular weight excluding hydrogens is 348 g/mol. The number of methoxy groups -OCH3 is 3. The summed E-state index contributed by atoms with van der Waals surface area (Å²) in [6, 6.07) is 14.2. The van der Waals surface area contributed by atoms with Crippen LogP contribution in [0.5, 0.6) is 17.2 Å². The lowest BCUT2D eigenvalue weighted by molar-refractivity contribution is 0.0949. The SMILES string of the molecule is COc1cccc(C(=O)NCc2cc(-c3ccc(OC)c(OC)c3)on2)c1. The summed E-state index contributed by atoms with van der Waals surface area (Å²) in [4.78, 5) is 12.3. The van der Waals surface area contributed by atoms with Crippen molar-refractivity contribution in [1.29, 1.82) is 0 Å². The molecule has 0 radical (unpaired) electrons. The van der Waals surface area contributed by atoms with Crippen LogP contribution >= 0.6 is 0 Å². The first kappa shape index (κ1) is 18.3. The molecule has 7 nitrogen and oxygen atoms in total. The van der Waals surface area contributed by atoms with E-state index in [4.69, 9.17) is 18.7 Å². The highest BCUT2D eigenvalue weighted by Crippen LogP contribution is 2.32. The Kier molecular flexibility index (Phi) is 5.61. The van der Waals surface area contributed by atoms with E-state index in [1.807, 2.05) is 6.07 Å². The summed E-state index contributed by atoms with van der Waals surface area (Å²) in [5.74, 6) is 2.21. The highest BCUT2D eigenvalue weighted by molar-refractivity contribution is 5.94. The summed E-state index contributed by atoms with van der Waals surface area (Å²) < 4.78 is 21.0. The highest BCUT2D eigenvalue weighted by Gasteiger charge is 2.12. The fraction of sp³-hybridized carbons (Fsp3) is 0.200. The third-order valence-corrected chi connectivity index (χ3v) is 3.99. The van der Waals surface area contributed by atoms with E-state index in [0.717, 1.165) is 5.56 Å². The minimum Gasteiger partial charge on any atom is -0.497 e. The Balaban J connectivity index is 1.68. The van der Waals surface area contributed by atoms with Crippen molar-refractivity contribution in [2.45, 2.75) is 6.54 Å². The first-order valence-electron chi connectivity index (χ1n) is 8.25. The predicted octanol–water partition coefficient (Wildman–Crippen LogP) is 3.30. The molecule has 0 saturated carbocycles. The Morgan fingerprint density at radius 2 is 1.81 bits per heavy atom. The number of amides is 1. The molecule has 0 aliphatic heterocycles. The molecule has 0 fully saturated rings. The van der Waals surface area contributed by atoms with Gasteiger partial charge in [-0.15, -0.1) is 0 Å². The molecule has 0 aliphatic rings. The van der Waals surface area contributed by atoms with Gasteiger partial charge in [-0.25, -0.2) is 0 Å². The lowest BCUT2D eigenvalue weighted by Crippen LogP contribution is -2.22. The Hall–Kier alpha value is -3.48. The zero-order valence-electron chi connectivity index (χ0n) is 15.3. The summed E-state index contributed by atoms with van der Waals surface area (Å²) >= 11 is 0. The first-order chi connectivity index (χ1) is 13.1. The number of ether oxygens (including phenoxy) is 3. The van der Waals surface area contributed by atoms with Gasteiger partial charge in [0.1, 0.15) is 11.4 Å². The van der Waals surface area contributed by atoms with E-state index < -0.39 is 0 Å². The van der Waals surface area contributed by atoms with Crippen LogP contribution in [-0.4, -0.2) is 32.4 Å². The average molecular weight is 368 g/mol. The topological polar surface area (TPSA) is 82.8 Å². The lowest BCUT2D eigenvalue weighted by atomic mass is 10.1. The molecule has 2 aromatic carbocycles. The zero-order chi connectivity index (χ0) is 19.2. The van der Waals surface area contributed by atoms with Gasteiger partial charge in [-0.2, -0.15) is 0 Å². The molecule has 0 bridgehead atoms. The largest absolute Gasteiger partial charge is 0.497 e. The molecule has 27 heavy (non-hydrogen) atoms. The third-order valence-electron chi connectivity index (χ3n) is 3.99. The van der Waals surface area contributed by atoms with Gasteiger partial charge in [0, 0.05) is 17.2 Å². The number of nitrogens with zero attached hydrogens (tertiary/aromatic N) is 1. The molecule has 3 rings (SSSR count). The molecule has 1 aromatic heterocycles. The van der Waals surface area contributed by atoms with Crippen LogP contribution in [0.15, 0.2) is 53.1 Å². The fourth-order valence-corrected chi connectivity index (χ4v) is 2.56. The van der Waals surface area contributed by atoms with Gasteiger partial charge in [-0.3, -0.25) is 4.79 Å². The van der Waals surface area contributed by atoms with Crippen LogP contribution < -0.4 is 19.5 Å². The van der Waals surface area contributed by atoms with E-state index in [9.17, 15) is 4.79 Å². The minimum absolute atomic E-state index is 0.218. The number of aromatic nitrogens is 1. The molecular formula is C20H20N2O5. The molecule has 140 valence electrons. The van der Waals surface area contributed by atoms with Crippen LogP contribution in [0.2, 0.25) is 0 Å². The van der Waals surface area contributed by atoms with E-state index in [-0.39, 0.29) is 12.5 Å². The molecule has 0 atom stereocenters. The van der Waals surface area contributed by atoms with Gasteiger partial charge in [0.2, 0.25) is 0 Å². The second-order valence-corrected chi connectivity index (χ2v) is 5.67. The zero-order valence-corrected chi connectivity index (χ0v) is 15.3. The standard InChI is InChI=1S/C20H20N2O5/c1-24-16-6-4-5-14(9-16)20(23)21-12-15-11-18(27-22-15)13-7-8-17(25-2)19(10-13)26-3/h4-11H,12H2,1-3H3,(H,21,23). The molecule has 0 spiro atoms. The van der Waals surface area contributed by atoms with Crippen molar-refractivity contribution < 1.29 is 23.5 Å². The fourth-order valence-electron chi connectivity index (χ4n) is 2.56. The molecule has 1 heterocycles. The Morgan fingerprint density at radius 1 is 1.00 bits per heavy atom. The van der Waals surface area contributed by atoms with E-state index >= 15 is 0 Å². The number of benzene rings is 2.